The van der Waals surface area contributed by atoms with Crippen LogP contribution in [-0.2, 0) is 11.8 Å². The van der Waals surface area contributed by atoms with Crippen LogP contribution in [0.4, 0.5) is 0 Å². The van der Waals surface area contributed by atoms with Crippen LogP contribution in [0.15, 0.2) is 55.0 Å². The van der Waals surface area contributed by atoms with Gasteiger partial charge in [0.2, 0.25) is 0 Å². The maximum atomic E-state index is 12.8. The molecular weight excluding hydrogens is 400 g/mol. The molecule has 0 radical (unpaired) electrons. The van der Waals surface area contributed by atoms with E-state index in [9.17, 15) is 15.2 Å². The van der Waals surface area contributed by atoms with E-state index in [1.54, 1.807) is 23.3 Å². The highest BCUT2D eigenvalue weighted by Crippen LogP contribution is 2.38. The lowest BCUT2D eigenvalue weighted by Gasteiger charge is -2.32. The minimum atomic E-state index is -0.645. The van der Waals surface area contributed by atoms with Crippen LogP contribution in [0.2, 0.25) is 0 Å². The lowest BCUT2D eigenvalue weighted by Crippen LogP contribution is -2.33. The second-order valence-electron chi connectivity index (χ2n) is 9.00. The first-order valence-electron chi connectivity index (χ1n) is 11.1. The Bertz CT molecular complexity index is 1120. The summed E-state index contributed by atoms with van der Waals surface area (Å²) in [4.78, 5) is 17.3. The van der Waals surface area contributed by atoms with Crippen LogP contribution in [0.5, 0.6) is 0 Å². The van der Waals surface area contributed by atoms with Crippen molar-refractivity contribution < 1.29 is 9.90 Å². The third-order valence-corrected chi connectivity index (χ3v) is 6.43. The number of pyridine rings is 1. The predicted molar refractivity (Wildman–Crippen MR) is 122 cm³/mol. The van der Waals surface area contributed by atoms with Crippen LogP contribution in [0.25, 0.3) is 5.69 Å². The molecule has 6 heteroatoms. The molecule has 0 spiro atoms. The maximum Gasteiger partial charge on any atom is 0.170 e. The fraction of sp³-hybridized carbons (Fsp3) is 0.385. The Morgan fingerprint density at radius 2 is 1.91 bits per heavy atom. The highest BCUT2D eigenvalue weighted by Gasteiger charge is 2.37. The van der Waals surface area contributed by atoms with E-state index < -0.39 is 5.41 Å². The summed E-state index contributed by atoms with van der Waals surface area (Å²) in [5.74, 6) is 0.437. The molecule has 0 aliphatic heterocycles. The van der Waals surface area contributed by atoms with Gasteiger partial charge in [0.05, 0.1) is 40.7 Å². The zero-order valence-electron chi connectivity index (χ0n) is 18.5. The second-order valence-corrected chi connectivity index (χ2v) is 9.00. The summed E-state index contributed by atoms with van der Waals surface area (Å²) in [5.41, 5.74) is 3.61. The number of aliphatic hydroxyl groups excluding tert-OH is 1. The average molecular weight is 429 g/mol. The van der Waals surface area contributed by atoms with Crippen molar-refractivity contribution in [2.75, 3.05) is 0 Å². The summed E-state index contributed by atoms with van der Waals surface area (Å²) in [5, 5.41) is 23.9. The molecule has 2 aromatic heterocycles. The molecule has 0 unspecified atom stereocenters. The molecule has 32 heavy (non-hydrogen) atoms. The van der Waals surface area contributed by atoms with Gasteiger partial charge in [-0.3, -0.25) is 9.78 Å². The molecule has 0 atom stereocenters. The molecule has 1 fully saturated rings. The van der Waals surface area contributed by atoms with Crippen LogP contribution in [0.1, 0.15) is 72.6 Å². The average Bonchev–Trinajstić information content (AvgIpc) is 3.31. The molecule has 0 bridgehead atoms. The smallest absolute Gasteiger partial charge is 0.170 e. The molecular formula is C26H28N4O2. The van der Waals surface area contributed by atoms with Crippen molar-refractivity contribution in [1.82, 2.24) is 14.8 Å². The van der Waals surface area contributed by atoms with Crippen LogP contribution in [0, 0.1) is 11.3 Å². The normalized spacial score (nSPS) is 20.8. The highest BCUT2D eigenvalue weighted by atomic mass is 16.3. The van der Waals surface area contributed by atoms with Gasteiger partial charge in [0.25, 0.3) is 0 Å². The van der Waals surface area contributed by atoms with E-state index in [2.05, 4.69) is 42.1 Å². The minimum Gasteiger partial charge on any atom is -0.393 e. The topological polar surface area (TPSA) is 91.8 Å². The molecule has 0 amide bonds. The number of ketones is 1. The van der Waals surface area contributed by atoms with Crippen LogP contribution in [-0.4, -0.2) is 31.8 Å². The lowest BCUT2D eigenvalue weighted by atomic mass is 9.72. The van der Waals surface area contributed by atoms with Gasteiger partial charge >= 0.3 is 0 Å². The number of aliphatic hydroxyl groups is 1. The molecule has 0 saturated heterocycles. The van der Waals surface area contributed by atoms with E-state index in [4.69, 9.17) is 0 Å². The van der Waals surface area contributed by atoms with Gasteiger partial charge in [-0.1, -0.05) is 32.0 Å². The quantitative estimate of drug-likeness (QED) is 0.583. The predicted octanol–water partition coefficient (Wildman–Crippen LogP) is 4.51. The number of nitrogens with zero attached hydrogens (tertiary/aromatic N) is 4. The SMILES string of the molecule is CC(C)c1ccc(-n2cc(C(=O)Cc3ccc(C4(C#N)CCC(O)CC4)nc3)cn2)cc1. The van der Waals surface area contributed by atoms with E-state index >= 15 is 0 Å². The van der Waals surface area contributed by atoms with Gasteiger partial charge in [0, 0.05) is 18.8 Å². The zero-order valence-corrected chi connectivity index (χ0v) is 18.5. The first-order chi connectivity index (χ1) is 15.4. The molecule has 164 valence electrons. The first kappa shape index (κ1) is 21.9. The van der Waals surface area contributed by atoms with Crippen LogP contribution < -0.4 is 0 Å². The van der Waals surface area contributed by atoms with Gasteiger partial charge in [0.15, 0.2) is 5.78 Å². The largest absolute Gasteiger partial charge is 0.393 e. The van der Waals surface area contributed by atoms with Crippen LogP contribution >= 0.6 is 0 Å². The fourth-order valence-electron chi connectivity index (χ4n) is 4.24. The van der Waals surface area contributed by atoms with Gasteiger partial charge in [0.1, 0.15) is 0 Å². The fourth-order valence-corrected chi connectivity index (χ4v) is 4.24. The van der Waals surface area contributed by atoms with Gasteiger partial charge in [-0.15, -0.1) is 0 Å². The van der Waals surface area contributed by atoms with Crippen molar-refractivity contribution in [2.45, 2.75) is 63.4 Å². The summed E-state index contributed by atoms with van der Waals surface area (Å²) >= 11 is 0. The van der Waals surface area contributed by atoms with Gasteiger partial charge < -0.3 is 5.11 Å². The van der Waals surface area contributed by atoms with Crippen molar-refractivity contribution >= 4 is 5.78 Å². The maximum absolute atomic E-state index is 12.8. The highest BCUT2D eigenvalue weighted by molar-refractivity contribution is 5.97. The van der Waals surface area contributed by atoms with Gasteiger partial charge in [-0.2, -0.15) is 10.4 Å². The van der Waals surface area contributed by atoms with E-state index in [0.29, 0.717) is 37.2 Å². The number of carbonyl (C=O) groups excluding carboxylic acids is 1. The monoisotopic (exact) mass is 428 g/mol. The number of benzene rings is 1. The number of Topliss-reactive ketones (excluding diaryl/α,β-unsaturated/α-hetero) is 1. The molecule has 1 aromatic carbocycles. The Kier molecular flexibility index (Phi) is 6.20. The number of carbonyl (C=O) groups is 1. The van der Waals surface area contributed by atoms with Gasteiger partial charge in [-0.05, 0) is 60.9 Å². The van der Waals surface area contributed by atoms with E-state index in [1.807, 2.05) is 24.3 Å². The van der Waals surface area contributed by atoms with E-state index in [0.717, 1.165) is 16.9 Å². The Morgan fingerprint density at radius 1 is 1.19 bits per heavy atom. The molecule has 4 rings (SSSR count). The summed E-state index contributed by atoms with van der Waals surface area (Å²) in [6.45, 7) is 4.31. The molecule has 2 heterocycles. The Labute approximate surface area is 188 Å². The van der Waals surface area contributed by atoms with Crippen molar-refractivity contribution in [3.63, 3.8) is 0 Å². The van der Waals surface area contributed by atoms with Crippen molar-refractivity contribution in [3.8, 4) is 11.8 Å². The van der Waals surface area contributed by atoms with E-state index in [-0.39, 0.29) is 18.3 Å². The Morgan fingerprint density at radius 3 is 2.50 bits per heavy atom. The third-order valence-electron chi connectivity index (χ3n) is 6.43. The summed E-state index contributed by atoms with van der Waals surface area (Å²) in [6, 6.07) is 14.3. The number of hydrogen-bond donors (Lipinski definition) is 1. The molecule has 1 aliphatic rings. The summed E-state index contributed by atoms with van der Waals surface area (Å²) in [7, 11) is 0. The Hall–Kier alpha value is -3.30. The summed E-state index contributed by atoms with van der Waals surface area (Å²) < 4.78 is 1.72. The van der Waals surface area contributed by atoms with Gasteiger partial charge in [-0.25, -0.2) is 4.68 Å². The molecule has 1 aliphatic carbocycles. The van der Waals surface area contributed by atoms with E-state index in [1.165, 1.54) is 5.56 Å². The number of aromatic nitrogens is 3. The molecule has 3 aromatic rings. The first-order valence-corrected chi connectivity index (χ1v) is 11.1. The molecule has 6 nitrogen and oxygen atoms in total. The lowest BCUT2D eigenvalue weighted by molar-refractivity contribution is 0.0992. The zero-order chi connectivity index (χ0) is 22.7. The second kappa shape index (κ2) is 9.05. The van der Waals surface area contributed by atoms with Crippen molar-refractivity contribution in [2.24, 2.45) is 0 Å². The number of hydrogen-bond acceptors (Lipinski definition) is 5. The number of nitriles is 1. The number of rotatable bonds is 6. The summed E-state index contributed by atoms with van der Waals surface area (Å²) in [6.07, 6.45) is 7.36. The van der Waals surface area contributed by atoms with Crippen molar-refractivity contribution in [3.05, 3.63) is 77.4 Å². The van der Waals surface area contributed by atoms with Crippen molar-refractivity contribution in [1.29, 1.82) is 5.26 Å². The molecule has 1 saturated carbocycles. The molecule has 1 N–H and O–H groups in total. The standard InChI is InChI=1S/C26H28N4O2/c1-18(2)20-4-6-22(7-5-20)30-16-21(15-29-30)24(32)13-19-3-8-25(28-14-19)26(17-27)11-9-23(31)10-12-26/h3-8,14-16,18,23,31H,9-13H2,1-2H3. The minimum absolute atomic E-state index is 0.0274. The Balaban J connectivity index is 1.44. The van der Waals surface area contributed by atoms with Crippen LogP contribution in [0.3, 0.4) is 0 Å². The third kappa shape index (κ3) is 4.49.